The molecule has 1 aromatic carbocycles. The van der Waals surface area contributed by atoms with Crippen LogP contribution in [0.4, 0.5) is 4.39 Å². The quantitative estimate of drug-likeness (QED) is 0.876. The van der Waals surface area contributed by atoms with Gasteiger partial charge in [-0.1, -0.05) is 28.1 Å². The van der Waals surface area contributed by atoms with Gasteiger partial charge in [-0.05, 0) is 24.1 Å². The third kappa shape index (κ3) is 3.25. The van der Waals surface area contributed by atoms with Crippen molar-refractivity contribution in [3.63, 3.8) is 0 Å². The first kappa shape index (κ1) is 12.9. The molecule has 0 amide bonds. The monoisotopic (exact) mass is 267 g/mol. The molecule has 4 heteroatoms. The molecule has 0 saturated carbocycles. The molecule has 0 radical (unpaired) electrons. The van der Waals surface area contributed by atoms with E-state index in [0.29, 0.717) is 0 Å². The number of aryl methyl sites for hydroxylation is 1. The van der Waals surface area contributed by atoms with E-state index in [1.165, 1.54) is 0 Å². The van der Waals surface area contributed by atoms with E-state index >= 15 is 0 Å². The summed E-state index contributed by atoms with van der Waals surface area (Å²) in [6.07, 6.45) is 0. The van der Waals surface area contributed by atoms with Crippen molar-refractivity contribution in [2.24, 2.45) is 5.73 Å². The zero-order chi connectivity index (χ0) is 9.14. The lowest BCUT2D eigenvalue weighted by Crippen LogP contribution is -2.11. The largest absolute Gasteiger partial charge is 0.322 e. The Hall–Kier alpha value is -0.120. The number of benzene rings is 1. The summed E-state index contributed by atoms with van der Waals surface area (Å²) in [5.41, 5.74) is 7.48. The smallest absolute Gasteiger partial charge is 0.109 e. The Morgan fingerprint density at radius 1 is 1.54 bits per heavy atom. The van der Waals surface area contributed by atoms with Crippen LogP contribution < -0.4 is 5.73 Å². The van der Waals surface area contributed by atoms with Crippen LogP contribution in [0, 0.1) is 6.92 Å². The van der Waals surface area contributed by atoms with Gasteiger partial charge in [0.1, 0.15) is 6.67 Å². The second-order valence-corrected chi connectivity index (χ2v) is 3.62. The fourth-order valence-corrected chi connectivity index (χ4v) is 1.33. The highest BCUT2D eigenvalue weighted by atomic mass is 79.9. The van der Waals surface area contributed by atoms with Crippen molar-refractivity contribution in [2.45, 2.75) is 13.0 Å². The van der Waals surface area contributed by atoms with Crippen molar-refractivity contribution in [3.8, 4) is 0 Å². The minimum Gasteiger partial charge on any atom is -0.322 e. The average molecular weight is 269 g/mol. The van der Waals surface area contributed by atoms with Gasteiger partial charge in [0.2, 0.25) is 0 Å². The molecule has 13 heavy (non-hydrogen) atoms. The van der Waals surface area contributed by atoms with Gasteiger partial charge in [-0.15, -0.1) is 12.4 Å². The molecular formula is C9H12BrClFN. The Morgan fingerprint density at radius 3 is 2.62 bits per heavy atom. The number of hydrogen-bond donors (Lipinski definition) is 1. The van der Waals surface area contributed by atoms with Crippen LogP contribution in [-0.2, 0) is 0 Å². The van der Waals surface area contributed by atoms with Crippen LogP contribution in [0.2, 0.25) is 0 Å². The molecule has 0 aliphatic rings. The van der Waals surface area contributed by atoms with Crippen LogP contribution in [-0.4, -0.2) is 6.67 Å². The van der Waals surface area contributed by atoms with Crippen LogP contribution in [0.1, 0.15) is 17.2 Å². The maximum atomic E-state index is 12.2. The van der Waals surface area contributed by atoms with Crippen LogP contribution >= 0.6 is 28.3 Å². The van der Waals surface area contributed by atoms with Crippen molar-refractivity contribution in [1.82, 2.24) is 0 Å². The molecule has 0 spiro atoms. The molecule has 2 N–H and O–H groups in total. The Kier molecular flexibility index (Phi) is 5.53. The summed E-state index contributed by atoms with van der Waals surface area (Å²) in [6, 6.07) is 5.14. The molecule has 0 aliphatic heterocycles. The van der Waals surface area contributed by atoms with Crippen LogP contribution in [0.5, 0.6) is 0 Å². The van der Waals surface area contributed by atoms with Crippen LogP contribution in [0.3, 0.4) is 0 Å². The van der Waals surface area contributed by atoms with E-state index in [9.17, 15) is 4.39 Å². The molecule has 1 aromatic rings. The first-order valence-corrected chi connectivity index (χ1v) is 4.52. The van der Waals surface area contributed by atoms with Gasteiger partial charge in [0.15, 0.2) is 0 Å². The summed E-state index contributed by atoms with van der Waals surface area (Å²) in [5.74, 6) is 0. The average Bonchev–Trinajstić information content (AvgIpc) is 2.08. The van der Waals surface area contributed by atoms with E-state index in [-0.39, 0.29) is 12.4 Å². The maximum Gasteiger partial charge on any atom is 0.109 e. The minimum atomic E-state index is -0.518. The Bertz CT molecular complexity index is 280. The summed E-state index contributed by atoms with van der Waals surface area (Å²) in [4.78, 5) is 0. The second-order valence-electron chi connectivity index (χ2n) is 2.77. The van der Waals surface area contributed by atoms with E-state index in [4.69, 9.17) is 5.73 Å². The van der Waals surface area contributed by atoms with E-state index in [2.05, 4.69) is 15.9 Å². The van der Waals surface area contributed by atoms with Gasteiger partial charge in [-0.25, -0.2) is 4.39 Å². The predicted molar refractivity (Wildman–Crippen MR) is 59.0 cm³/mol. The molecule has 1 rings (SSSR count). The van der Waals surface area contributed by atoms with Gasteiger partial charge >= 0.3 is 0 Å². The molecule has 0 saturated heterocycles. The van der Waals surface area contributed by atoms with Gasteiger partial charge in [-0.2, -0.15) is 0 Å². The summed E-state index contributed by atoms with van der Waals surface area (Å²) in [6.45, 7) is 1.46. The lowest BCUT2D eigenvalue weighted by Gasteiger charge is -2.08. The highest BCUT2D eigenvalue weighted by molar-refractivity contribution is 9.10. The summed E-state index contributed by atoms with van der Waals surface area (Å²) < 4.78 is 13.1. The zero-order valence-corrected chi connectivity index (χ0v) is 9.66. The van der Waals surface area contributed by atoms with E-state index in [0.717, 1.165) is 15.6 Å². The maximum absolute atomic E-state index is 12.2. The number of nitrogens with two attached hydrogens (primary N) is 1. The molecule has 1 nitrogen and oxygen atoms in total. The summed E-state index contributed by atoms with van der Waals surface area (Å²) in [7, 11) is 0. The second kappa shape index (κ2) is 5.58. The predicted octanol–water partition coefficient (Wildman–Crippen LogP) is 3.15. The van der Waals surface area contributed by atoms with Gasteiger partial charge in [-0.3, -0.25) is 0 Å². The Morgan fingerprint density at radius 2 is 2.15 bits per heavy atom. The SMILES string of the molecule is Cc1ccc([C@@H](N)CF)cc1Br.Cl. The lowest BCUT2D eigenvalue weighted by atomic mass is 10.1. The van der Waals surface area contributed by atoms with E-state index in [1.54, 1.807) is 0 Å². The highest BCUT2D eigenvalue weighted by Gasteiger charge is 2.05. The molecule has 0 unspecified atom stereocenters. The van der Waals surface area contributed by atoms with Crippen molar-refractivity contribution < 1.29 is 4.39 Å². The van der Waals surface area contributed by atoms with Gasteiger partial charge < -0.3 is 5.73 Å². The number of hydrogen-bond acceptors (Lipinski definition) is 1. The van der Waals surface area contributed by atoms with Gasteiger partial charge in [0.05, 0.1) is 6.04 Å². The number of alkyl halides is 1. The molecule has 0 aliphatic carbocycles. The van der Waals surface area contributed by atoms with Crippen molar-refractivity contribution >= 4 is 28.3 Å². The first-order chi connectivity index (χ1) is 5.65. The van der Waals surface area contributed by atoms with Crippen LogP contribution in [0.15, 0.2) is 22.7 Å². The molecule has 1 atom stereocenters. The van der Waals surface area contributed by atoms with Crippen LogP contribution in [0.25, 0.3) is 0 Å². The molecular weight excluding hydrogens is 256 g/mol. The van der Waals surface area contributed by atoms with Crippen molar-refractivity contribution in [3.05, 3.63) is 33.8 Å². The standard InChI is InChI=1S/C9H11BrFN.ClH/c1-6-2-3-7(4-8(6)10)9(12)5-11;/h2-4,9H,5,12H2,1H3;1H/t9-;/m0./s1. The zero-order valence-electron chi connectivity index (χ0n) is 7.26. The number of rotatable bonds is 2. The molecule has 0 bridgehead atoms. The van der Waals surface area contributed by atoms with E-state index < -0.39 is 12.7 Å². The highest BCUT2D eigenvalue weighted by Crippen LogP contribution is 2.20. The Balaban J connectivity index is 0.00000144. The first-order valence-electron chi connectivity index (χ1n) is 3.72. The summed E-state index contributed by atoms with van der Waals surface area (Å²) >= 11 is 3.37. The van der Waals surface area contributed by atoms with Gasteiger partial charge in [0.25, 0.3) is 0 Å². The molecule has 74 valence electrons. The third-order valence-electron chi connectivity index (χ3n) is 1.79. The van der Waals surface area contributed by atoms with E-state index in [1.807, 2.05) is 25.1 Å². The lowest BCUT2D eigenvalue weighted by molar-refractivity contribution is 0.437. The van der Waals surface area contributed by atoms with Gasteiger partial charge in [0, 0.05) is 4.47 Å². The van der Waals surface area contributed by atoms with Crippen molar-refractivity contribution in [1.29, 1.82) is 0 Å². The molecule has 0 fully saturated rings. The molecule has 0 aromatic heterocycles. The fraction of sp³-hybridized carbons (Fsp3) is 0.333. The fourth-order valence-electron chi connectivity index (χ4n) is 0.929. The van der Waals surface area contributed by atoms with Crippen molar-refractivity contribution in [2.75, 3.05) is 6.67 Å². The minimum absolute atomic E-state index is 0. The number of halogens is 3. The molecule has 0 heterocycles. The Labute approximate surface area is 92.1 Å². The third-order valence-corrected chi connectivity index (χ3v) is 2.64. The normalized spacial score (nSPS) is 12.0. The topological polar surface area (TPSA) is 26.0 Å². The summed E-state index contributed by atoms with van der Waals surface area (Å²) in [5, 5.41) is 0.